The SMILES string of the molecule is COc1cccc(OC)c1C1SCC(=O)N1C(C)c1nc2ccccc2[nH]1. The van der Waals surface area contributed by atoms with Crippen LogP contribution in [0.4, 0.5) is 0 Å². The molecule has 1 amide bonds. The Hall–Kier alpha value is -2.67. The van der Waals surface area contributed by atoms with Gasteiger partial charge in [0.1, 0.15) is 22.7 Å². The van der Waals surface area contributed by atoms with Crippen LogP contribution in [0.1, 0.15) is 29.7 Å². The van der Waals surface area contributed by atoms with Crippen LogP contribution in [-0.2, 0) is 4.79 Å². The number of fused-ring (bicyclic) bond motifs is 1. The second-order valence-electron chi connectivity index (χ2n) is 6.36. The molecule has 6 nitrogen and oxygen atoms in total. The molecule has 1 aromatic heterocycles. The van der Waals surface area contributed by atoms with Crippen molar-refractivity contribution in [1.82, 2.24) is 14.9 Å². The monoisotopic (exact) mass is 383 g/mol. The number of amides is 1. The molecule has 2 heterocycles. The van der Waals surface area contributed by atoms with E-state index in [1.165, 1.54) is 0 Å². The number of aromatic amines is 1. The van der Waals surface area contributed by atoms with Gasteiger partial charge in [-0.2, -0.15) is 0 Å². The fourth-order valence-electron chi connectivity index (χ4n) is 3.50. The zero-order valence-corrected chi connectivity index (χ0v) is 16.2. The van der Waals surface area contributed by atoms with E-state index in [2.05, 4.69) is 9.97 Å². The van der Waals surface area contributed by atoms with Crippen molar-refractivity contribution in [2.24, 2.45) is 0 Å². The lowest BCUT2D eigenvalue weighted by atomic mass is 10.1. The first-order valence-corrected chi connectivity index (χ1v) is 9.77. The number of nitrogens with zero attached hydrogens (tertiary/aromatic N) is 2. The van der Waals surface area contributed by atoms with Crippen LogP contribution in [0, 0.1) is 0 Å². The van der Waals surface area contributed by atoms with Gasteiger partial charge < -0.3 is 19.4 Å². The van der Waals surface area contributed by atoms with Gasteiger partial charge in [-0.25, -0.2) is 4.98 Å². The molecule has 1 fully saturated rings. The summed E-state index contributed by atoms with van der Waals surface area (Å²) in [5.41, 5.74) is 2.73. The van der Waals surface area contributed by atoms with Gasteiger partial charge in [-0.15, -0.1) is 11.8 Å². The minimum Gasteiger partial charge on any atom is -0.496 e. The molecule has 2 unspecified atom stereocenters. The third-order valence-corrected chi connectivity index (χ3v) is 6.03. The number of nitrogens with one attached hydrogen (secondary N) is 1. The standard InChI is InChI=1S/C20H21N3O3S/c1-12(19-21-13-7-4-5-8-14(13)22-19)23-17(24)11-27-20(23)18-15(25-2)9-6-10-16(18)26-3/h4-10,12,20H,11H2,1-3H3,(H,21,22). The Morgan fingerprint density at radius 1 is 1.15 bits per heavy atom. The zero-order chi connectivity index (χ0) is 19.0. The predicted molar refractivity (Wildman–Crippen MR) is 106 cm³/mol. The molecule has 0 spiro atoms. The molecule has 7 heteroatoms. The third kappa shape index (κ3) is 3.02. The fraction of sp³-hybridized carbons (Fsp3) is 0.300. The van der Waals surface area contributed by atoms with E-state index < -0.39 is 0 Å². The molecule has 140 valence electrons. The van der Waals surface area contributed by atoms with Crippen molar-refractivity contribution in [3.63, 3.8) is 0 Å². The van der Waals surface area contributed by atoms with Crippen LogP contribution < -0.4 is 9.47 Å². The van der Waals surface area contributed by atoms with Gasteiger partial charge in [0.15, 0.2) is 0 Å². The van der Waals surface area contributed by atoms with Crippen molar-refractivity contribution in [1.29, 1.82) is 0 Å². The van der Waals surface area contributed by atoms with E-state index in [0.717, 1.165) is 22.4 Å². The van der Waals surface area contributed by atoms with Crippen molar-refractivity contribution < 1.29 is 14.3 Å². The Bertz CT molecular complexity index is 932. The second-order valence-corrected chi connectivity index (χ2v) is 7.42. The van der Waals surface area contributed by atoms with Crippen LogP contribution in [0.2, 0.25) is 0 Å². The van der Waals surface area contributed by atoms with Crippen molar-refractivity contribution in [3.05, 3.63) is 53.9 Å². The molecule has 1 saturated heterocycles. The maximum Gasteiger partial charge on any atom is 0.234 e. The highest BCUT2D eigenvalue weighted by Crippen LogP contribution is 2.49. The van der Waals surface area contributed by atoms with Crippen LogP contribution in [0.3, 0.4) is 0 Å². The van der Waals surface area contributed by atoms with E-state index in [-0.39, 0.29) is 17.3 Å². The average molecular weight is 383 g/mol. The minimum atomic E-state index is -0.209. The largest absolute Gasteiger partial charge is 0.496 e. The molecule has 0 bridgehead atoms. The highest BCUT2D eigenvalue weighted by atomic mass is 32.2. The highest BCUT2D eigenvalue weighted by Gasteiger charge is 2.40. The van der Waals surface area contributed by atoms with Crippen LogP contribution in [0.25, 0.3) is 11.0 Å². The molecule has 27 heavy (non-hydrogen) atoms. The molecular weight excluding hydrogens is 362 g/mol. The molecule has 0 radical (unpaired) electrons. The van der Waals surface area contributed by atoms with Gasteiger partial charge in [0.05, 0.1) is 42.6 Å². The molecule has 1 N–H and O–H groups in total. The summed E-state index contributed by atoms with van der Waals surface area (Å²) in [5, 5.41) is -0.202. The zero-order valence-electron chi connectivity index (χ0n) is 15.4. The highest BCUT2D eigenvalue weighted by molar-refractivity contribution is 8.00. The summed E-state index contributed by atoms with van der Waals surface area (Å²) in [6.07, 6.45) is 0. The van der Waals surface area contributed by atoms with Gasteiger partial charge in [0, 0.05) is 0 Å². The number of thioether (sulfide) groups is 1. The predicted octanol–water partition coefficient (Wildman–Crippen LogP) is 3.92. The van der Waals surface area contributed by atoms with Gasteiger partial charge in [-0.1, -0.05) is 18.2 Å². The second kappa shape index (κ2) is 7.15. The van der Waals surface area contributed by atoms with Gasteiger partial charge >= 0.3 is 0 Å². The number of carbonyl (C=O) groups is 1. The van der Waals surface area contributed by atoms with Crippen molar-refractivity contribution in [2.45, 2.75) is 18.3 Å². The number of H-pyrrole nitrogens is 1. The number of ether oxygens (including phenoxy) is 2. The minimum absolute atomic E-state index is 0.0749. The van der Waals surface area contributed by atoms with Crippen LogP contribution in [-0.4, -0.2) is 40.7 Å². The molecule has 0 aliphatic carbocycles. The summed E-state index contributed by atoms with van der Waals surface area (Å²) < 4.78 is 11.1. The van der Waals surface area contributed by atoms with Crippen molar-refractivity contribution in [2.75, 3.05) is 20.0 Å². The smallest absolute Gasteiger partial charge is 0.234 e. The number of methoxy groups -OCH3 is 2. The first kappa shape index (κ1) is 17.7. The molecule has 0 saturated carbocycles. The van der Waals surface area contributed by atoms with E-state index in [9.17, 15) is 4.79 Å². The normalized spacial score (nSPS) is 18.1. The van der Waals surface area contributed by atoms with Gasteiger partial charge in [-0.05, 0) is 31.2 Å². The molecule has 4 rings (SSSR count). The molecule has 2 aromatic carbocycles. The summed E-state index contributed by atoms with van der Waals surface area (Å²) in [5.74, 6) is 2.68. The van der Waals surface area contributed by atoms with Crippen molar-refractivity contribution in [3.8, 4) is 11.5 Å². The lowest BCUT2D eigenvalue weighted by Crippen LogP contribution is -2.32. The van der Waals surface area contributed by atoms with E-state index >= 15 is 0 Å². The Labute approximate surface area is 161 Å². The Kier molecular flexibility index (Phi) is 4.70. The summed E-state index contributed by atoms with van der Waals surface area (Å²) in [4.78, 5) is 22.7. The van der Waals surface area contributed by atoms with E-state index in [0.29, 0.717) is 17.3 Å². The molecule has 1 aliphatic heterocycles. The first-order valence-electron chi connectivity index (χ1n) is 8.72. The summed E-state index contributed by atoms with van der Waals surface area (Å²) in [7, 11) is 3.26. The number of benzene rings is 2. The number of rotatable bonds is 5. The third-order valence-electron chi connectivity index (χ3n) is 4.84. The number of imidazole rings is 1. The number of hydrogen-bond acceptors (Lipinski definition) is 5. The van der Waals surface area contributed by atoms with Gasteiger partial charge in [0.2, 0.25) is 5.91 Å². The maximum atomic E-state index is 12.8. The topological polar surface area (TPSA) is 67.5 Å². The van der Waals surface area contributed by atoms with E-state index in [1.54, 1.807) is 26.0 Å². The average Bonchev–Trinajstić information content (AvgIpc) is 3.30. The summed E-state index contributed by atoms with van der Waals surface area (Å²) in [6.45, 7) is 2.00. The van der Waals surface area contributed by atoms with Crippen LogP contribution in [0.15, 0.2) is 42.5 Å². The number of para-hydroxylation sites is 2. The maximum absolute atomic E-state index is 12.8. The Morgan fingerprint density at radius 3 is 2.52 bits per heavy atom. The lowest BCUT2D eigenvalue weighted by molar-refractivity contribution is -0.130. The van der Waals surface area contributed by atoms with E-state index in [4.69, 9.17) is 9.47 Å². The summed E-state index contributed by atoms with van der Waals surface area (Å²) in [6, 6.07) is 13.3. The number of aromatic nitrogens is 2. The Morgan fingerprint density at radius 2 is 1.85 bits per heavy atom. The van der Waals surface area contributed by atoms with Crippen LogP contribution >= 0.6 is 11.8 Å². The Balaban J connectivity index is 1.76. The molecule has 1 aliphatic rings. The van der Waals surface area contributed by atoms with Gasteiger partial charge in [-0.3, -0.25) is 4.79 Å². The molecular formula is C20H21N3O3S. The summed E-state index contributed by atoms with van der Waals surface area (Å²) >= 11 is 1.58. The molecule has 3 aromatic rings. The first-order chi connectivity index (χ1) is 13.1. The quantitative estimate of drug-likeness (QED) is 0.723. The van der Waals surface area contributed by atoms with Crippen LogP contribution in [0.5, 0.6) is 11.5 Å². The lowest BCUT2D eigenvalue weighted by Gasteiger charge is -2.30. The fourth-order valence-corrected chi connectivity index (χ4v) is 4.81. The van der Waals surface area contributed by atoms with Crippen molar-refractivity contribution >= 4 is 28.7 Å². The molecule has 2 atom stereocenters. The number of hydrogen-bond donors (Lipinski definition) is 1. The number of carbonyl (C=O) groups excluding carboxylic acids is 1. The van der Waals surface area contributed by atoms with E-state index in [1.807, 2.05) is 54.3 Å². The van der Waals surface area contributed by atoms with Gasteiger partial charge in [0.25, 0.3) is 0 Å².